The van der Waals surface area contributed by atoms with Crippen molar-refractivity contribution >= 4 is 18.0 Å². The molecule has 0 unspecified atom stereocenters. The summed E-state index contributed by atoms with van der Waals surface area (Å²) in [6, 6.07) is 9.66. The molecule has 0 aliphatic carbocycles. The molecule has 0 atom stereocenters. The maximum Gasteiger partial charge on any atom is 0.280 e. The first-order valence-corrected chi connectivity index (χ1v) is 5.59. The average Bonchev–Trinajstić information content (AvgIpc) is 2.86. The minimum absolute atomic E-state index is 0.0144. The second-order valence-electron chi connectivity index (χ2n) is 3.98. The molecule has 96 valence electrons. The first-order valence-electron chi connectivity index (χ1n) is 5.59. The van der Waals surface area contributed by atoms with Crippen molar-refractivity contribution < 1.29 is 14.1 Å². The Bertz CT molecular complexity index is 655. The van der Waals surface area contributed by atoms with Crippen molar-refractivity contribution in [2.45, 2.75) is 6.92 Å². The van der Waals surface area contributed by atoms with E-state index >= 15 is 0 Å². The standard InChI is InChI=1S/C14H11NO4/c1-10(9-16)8-11-6-7-14(19-11)12-4-2-3-5-13(12)15(17)18/h2-9H,1H3. The van der Waals surface area contributed by atoms with Gasteiger partial charge >= 0.3 is 0 Å². The van der Waals surface area contributed by atoms with Crippen molar-refractivity contribution in [1.29, 1.82) is 0 Å². The van der Waals surface area contributed by atoms with Gasteiger partial charge in [0.1, 0.15) is 17.8 Å². The first kappa shape index (κ1) is 12.8. The van der Waals surface area contributed by atoms with Crippen LogP contribution < -0.4 is 0 Å². The van der Waals surface area contributed by atoms with Gasteiger partial charge in [0.05, 0.1) is 10.5 Å². The summed E-state index contributed by atoms with van der Waals surface area (Å²) in [5.74, 6) is 0.884. The zero-order valence-electron chi connectivity index (χ0n) is 10.2. The third kappa shape index (κ3) is 2.77. The number of hydrogen-bond acceptors (Lipinski definition) is 4. The lowest BCUT2D eigenvalue weighted by Gasteiger charge is -1.98. The number of allylic oxidation sites excluding steroid dienone is 1. The Morgan fingerprint density at radius 2 is 2.00 bits per heavy atom. The van der Waals surface area contributed by atoms with Gasteiger partial charge in [0.25, 0.3) is 5.69 Å². The fraction of sp³-hybridized carbons (Fsp3) is 0.0714. The van der Waals surface area contributed by atoms with Gasteiger partial charge in [0, 0.05) is 6.07 Å². The fourth-order valence-corrected chi connectivity index (χ4v) is 1.67. The lowest BCUT2D eigenvalue weighted by molar-refractivity contribution is -0.384. The topological polar surface area (TPSA) is 73.3 Å². The molecule has 1 heterocycles. The second kappa shape index (κ2) is 5.30. The molecule has 0 spiro atoms. The Morgan fingerprint density at radius 3 is 2.68 bits per heavy atom. The summed E-state index contributed by atoms with van der Waals surface area (Å²) < 4.78 is 5.49. The number of rotatable bonds is 4. The highest BCUT2D eigenvalue weighted by Crippen LogP contribution is 2.31. The molecule has 0 aliphatic heterocycles. The molecule has 19 heavy (non-hydrogen) atoms. The molecule has 2 aromatic rings. The van der Waals surface area contributed by atoms with Crippen LogP contribution in [0, 0.1) is 10.1 Å². The Hall–Kier alpha value is -2.69. The second-order valence-corrected chi connectivity index (χ2v) is 3.98. The van der Waals surface area contributed by atoms with Gasteiger partial charge in [-0.3, -0.25) is 14.9 Å². The molecular formula is C14H11NO4. The lowest BCUT2D eigenvalue weighted by Crippen LogP contribution is -1.90. The minimum atomic E-state index is -0.454. The number of para-hydroxylation sites is 1. The predicted molar refractivity (Wildman–Crippen MR) is 70.5 cm³/mol. The molecule has 2 rings (SSSR count). The molecule has 0 radical (unpaired) electrons. The van der Waals surface area contributed by atoms with E-state index in [1.165, 1.54) is 6.07 Å². The van der Waals surface area contributed by atoms with Crippen molar-refractivity contribution in [3.63, 3.8) is 0 Å². The number of hydrogen-bond donors (Lipinski definition) is 0. The van der Waals surface area contributed by atoms with Crippen LogP contribution in [0.4, 0.5) is 5.69 Å². The van der Waals surface area contributed by atoms with Gasteiger partial charge in [0.2, 0.25) is 0 Å². The Kier molecular flexibility index (Phi) is 3.56. The molecule has 5 heteroatoms. The van der Waals surface area contributed by atoms with E-state index in [2.05, 4.69) is 0 Å². The number of benzene rings is 1. The molecule has 0 saturated carbocycles. The van der Waals surface area contributed by atoms with E-state index in [1.807, 2.05) is 0 Å². The van der Waals surface area contributed by atoms with Gasteiger partial charge in [-0.05, 0) is 36.8 Å². The van der Waals surface area contributed by atoms with E-state index in [0.717, 1.165) is 0 Å². The van der Waals surface area contributed by atoms with Crippen LogP contribution in [0.2, 0.25) is 0 Å². The summed E-state index contributed by atoms with van der Waals surface area (Å²) in [5, 5.41) is 10.9. The number of aldehydes is 1. The smallest absolute Gasteiger partial charge is 0.280 e. The third-order valence-electron chi connectivity index (χ3n) is 2.55. The summed E-state index contributed by atoms with van der Waals surface area (Å²) in [7, 11) is 0. The summed E-state index contributed by atoms with van der Waals surface area (Å²) in [4.78, 5) is 21.0. The number of carbonyl (C=O) groups is 1. The maximum atomic E-state index is 10.9. The van der Waals surface area contributed by atoms with Gasteiger partial charge < -0.3 is 4.42 Å². The van der Waals surface area contributed by atoms with Crippen LogP contribution in [0.1, 0.15) is 12.7 Å². The summed E-state index contributed by atoms with van der Waals surface area (Å²) in [6.07, 6.45) is 2.29. The predicted octanol–water partition coefficient (Wildman–Crippen LogP) is 3.46. The van der Waals surface area contributed by atoms with Gasteiger partial charge in [-0.1, -0.05) is 12.1 Å². The molecule has 0 aliphatic rings. The molecule has 1 aromatic carbocycles. The Labute approximate surface area is 109 Å². The molecule has 0 fully saturated rings. The largest absolute Gasteiger partial charge is 0.456 e. The molecule has 1 aromatic heterocycles. The van der Waals surface area contributed by atoms with Crippen molar-refractivity contribution in [2.75, 3.05) is 0 Å². The van der Waals surface area contributed by atoms with Gasteiger partial charge in [0.15, 0.2) is 0 Å². The number of nitrogens with zero attached hydrogens (tertiary/aromatic N) is 1. The van der Waals surface area contributed by atoms with Gasteiger partial charge in [-0.15, -0.1) is 0 Å². The van der Waals surface area contributed by atoms with Crippen LogP contribution in [-0.2, 0) is 4.79 Å². The van der Waals surface area contributed by atoms with Crippen LogP contribution in [-0.4, -0.2) is 11.2 Å². The number of carbonyl (C=O) groups excluding carboxylic acids is 1. The highest BCUT2D eigenvalue weighted by Gasteiger charge is 2.16. The number of nitro groups is 1. The van der Waals surface area contributed by atoms with Crippen LogP contribution in [0.15, 0.2) is 46.4 Å². The summed E-state index contributed by atoms with van der Waals surface area (Å²) >= 11 is 0. The highest BCUT2D eigenvalue weighted by molar-refractivity contribution is 5.80. The molecule has 0 N–H and O–H groups in total. The minimum Gasteiger partial charge on any atom is -0.456 e. The Morgan fingerprint density at radius 1 is 1.26 bits per heavy atom. The molecule has 0 amide bonds. The molecule has 0 saturated heterocycles. The van der Waals surface area contributed by atoms with E-state index in [4.69, 9.17) is 4.42 Å². The zero-order chi connectivity index (χ0) is 13.8. The van der Waals surface area contributed by atoms with Crippen LogP contribution in [0.3, 0.4) is 0 Å². The SMILES string of the molecule is CC(C=O)=Cc1ccc(-c2ccccc2[N+](=O)[O-])o1. The normalized spacial score (nSPS) is 11.3. The molecule has 5 nitrogen and oxygen atoms in total. The number of furan rings is 1. The molecular weight excluding hydrogens is 246 g/mol. The van der Waals surface area contributed by atoms with Crippen molar-refractivity contribution in [1.82, 2.24) is 0 Å². The number of nitro benzene ring substituents is 1. The van der Waals surface area contributed by atoms with E-state index in [0.29, 0.717) is 28.9 Å². The highest BCUT2D eigenvalue weighted by atomic mass is 16.6. The average molecular weight is 257 g/mol. The fourth-order valence-electron chi connectivity index (χ4n) is 1.67. The van der Waals surface area contributed by atoms with E-state index in [-0.39, 0.29) is 5.69 Å². The maximum absolute atomic E-state index is 10.9. The van der Waals surface area contributed by atoms with E-state index in [1.54, 1.807) is 43.3 Å². The first-order chi connectivity index (χ1) is 9.11. The van der Waals surface area contributed by atoms with Crippen LogP contribution in [0.5, 0.6) is 0 Å². The van der Waals surface area contributed by atoms with E-state index in [9.17, 15) is 14.9 Å². The summed E-state index contributed by atoms with van der Waals surface area (Å²) in [5.41, 5.74) is 0.916. The quantitative estimate of drug-likeness (QED) is 0.364. The lowest BCUT2D eigenvalue weighted by atomic mass is 10.1. The van der Waals surface area contributed by atoms with Gasteiger partial charge in [-0.2, -0.15) is 0 Å². The van der Waals surface area contributed by atoms with E-state index < -0.39 is 4.92 Å². The van der Waals surface area contributed by atoms with Crippen LogP contribution in [0.25, 0.3) is 17.4 Å². The third-order valence-corrected chi connectivity index (χ3v) is 2.55. The zero-order valence-corrected chi connectivity index (χ0v) is 10.2. The monoisotopic (exact) mass is 257 g/mol. The van der Waals surface area contributed by atoms with Gasteiger partial charge in [-0.25, -0.2) is 0 Å². The van der Waals surface area contributed by atoms with Crippen molar-refractivity contribution in [3.8, 4) is 11.3 Å². The van der Waals surface area contributed by atoms with Crippen molar-refractivity contribution in [2.24, 2.45) is 0 Å². The Balaban J connectivity index is 2.44. The van der Waals surface area contributed by atoms with Crippen molar-refractivity contribution in [3.05, 3.63) is 57.8 Å². The molecule has 0 bridgehead atoms. The summed E-state index contributed by atoms with van der Waals surface area (Å²) in [6.45, 7) is 1.65. The van der Waals surface area contributed by atoms with Crippen LogP contribution >= 0.6 is 0 Å².